The third-order valence-corrected chi connectivity index (χ3v) is 4.54. The summed E-state index contributed by atoms with van der Waals surface area (Å²) in [6.45, 7) is 8.76. The maximum absolute atomic E-state index is 12.8. The molecule has 0 aromatic rings. The Hall–Kier alpha value is -1.10. The highest BCUT2D eigenvalue weighted by Crippen LogP contribution is 2.31. The Morgan fingerprint density at radius 3 is 2.62 bits per heavy atom. The number of carbonyl (C=O) groups excluding carboxylic acids is 2. The van der Waals surface area contributed by atoms with Gasteiger partial charge in [0.05, 0.1) is 5.60 Å². The van der Waals surface area contributed by atoms with Gasteiger partial charge < -0.3 is 15.0 Å². The smallest absolute Gasteiger partial charge is 0.246 e. The fourth-order valence-corrected chi connectivity index (χ4v) is 3.53. The molecule has 2 saturated heterocycles. The predicted octanol–water partition coefficient (Wildman–Crippen LogP) is 1.85. The van der Waals surface area contributed by atoms with Crippen LogP contribution in [-0.4, -0.2) is 47.0 Å². The van der Waals surface area contributed by atoms with Crippen LogP contribution in [0.2, 0.25) is 0 Å². The first kappa shape index (κ1) is 16.3. The van der Waals surface area contributed by atoms with Crippen LogP contribution < -0.4 is 5.32 Å². The molecule has 5 nitrogen and oxygen atoms in total. The van der Waals surface area contributed by atoms with Crippen molar-refractivity contribution in [3.05, 3.63) is 0 Å². The number of amides is 2. The Morgan fingerprint density at radius 1 is 1.33 bits per heavy atom. The van der Waals surface area contributed by atoms with E-state index in [2.05, 4.69) is 19.2 Å². The molecule has 2 aliphatic rings. The van der Waals surface area contributed by atoms with E-state index < -0.39 is 0 Å². The van der Waals surface area contributed by atoms with Crippen LogP contribution in [0.15, 0.2) is 0 Å². The number of nitrogens with one attached hydrogen (secondary N) is 1. The highest BCUT2D eigenvalue weighted by atomic mass is 16.5. The van der Waals surface area contributed by atoms with Crippen LogP contribution in [0.5, 0.6) is 0 Å². The molecule has 2 heterocycles. The van der Waals surface area contributed by atoms with E-state index in [9.17, 15) is 9.59 Å². The highest BCUT2D eigenvalue weighted by molar-refractivity contribution is 5.97. The summed E-state index contributed by atoms with van der Waals surface area (Å²) in [7, 11) is 0. The summed E-state index contributed by atoms with van der Waals surface area (Å²) in [5.74, 6) is 0.0887. The summed E-state index contributed by atoms with van der Waals surface area (Å²) in [6.07, 6.45) is 3.87. The summed E-state index contributed by atoms with van der Waals surface area (Å²) < 4.78 is 5.75. The average Bonchev–Trinajstić information content (AvgIpc) is 2.41. The maximum Gasteiger partial charge on any atom is 0.246 e. The normalized spacial score (nSPS) is 33.0. The van der Waals surface area contributed by atoms with Crippen molar-refractivity contribution >= 4 is 11.8 Å². The molecule has 0 bridgehead atoms. The Bertz CT molecular complexity index is 408. The van der Waals surface area contributed by atoms with Crippen molar-refractivity contribution in [1.29, 1.82) is 0 Å². The summed E-state index contributed by atoms with van der Waals surface area (Å²) >= 11 is 0. The lowest BCUT2D eigenvalue weighted by Crippen LogP contribution is -2.66. The molecule has 1 N–H and O–H groups in total. The number of rotatable bonds is 4. The largest absolute Gasteiger partial charge is 0.375 e. The Morgan fingerprint density at radius 2 is 2.05 bits per heavy atom. The van der Waals surface area contributed by atoms with Gasteiger partial charge in [-0.1, -0.05) is 20.3 Å². The lowest BCUT2D eigenvalue weighted by atomic mass is 9.89. The summed E-state index contributed by atoms with van der Waals surface area (Å²) in [5, 5.41) is 2.90. The van der Waals surface area contributed by atoms with Gasteiger partial charge >= 0.3 is 0 Å². The van der Waals surface area contributed by atoms with E-state index in [4.69, 9.17) is 4.74 Å². The molecule has 0 radical (unpaired) electrons. The summed E-state index contributed by atoms with van der Waals surface area (Å²) in [4.78, 5) is 27.0. The van der Waals surface area contributed by atoms with Crippen molar-refractivity contribution in [3.8, 4) is 0 Å². The molecule has 3 atom stereocenters. The van der Waals surface area contributed by atoms with Crippen LogP contribution in [0.1, 0.15) is 59.8 Å². The molecule has 2 aliphatic heterocycles. The van der Waals surface area contributed by atoms with Gasteiger partial charge in [0.15, 0.2) is 0 Å². The summed E-state index contributed by atoms with van der Waals surface area (Å²) in [6, 6.07) is -0.572. The van der Waals surface area contributed by atoms with E-state index >= 15 is 0 Å². The number of nitrogens with zero attached hydrogens (tertiary/aromatic N) is 1. The van der Waals surface area contributed by atoms with Gasteiger partial charge in [0.2, 0.25) is 11.8 Å². The highest BCUT2D eigenvalue weighted by Gasteiger charge is 2.44. The van der Waals surface area contributed by atoms with Crippen molar-refractivity contribution in [2.75, 3.05) is 6.61 Å². The first-order valence-electron chi connectivity index (χ1n) is 8.16. The number of hydrogen-bond acceptors (Lipinski definition) is 3. The SMILES string of the molecule is CCCC1NC(=O)C(CC)N(C2CCOC(C)(C)C2)C1=O. The van der Waals surface area contributed by atoms with Gasteiger partial charge in [0, 0.05) is 12.6 Å². The Kier molecular flexibility index (Phi) is 4.91. The van der Waals surface area contributed by atoms with Crippen LogP contribution >= 0.6 is 0 Å². The zero-order chi connectivity index (χ0) is 15.6. The van der Waals surface area contributed by atoms with Gasteiger partial charge in [-0.3, -0.25) is 9.59 Å². The summed E-state index contributed by atoms with van der Waals surface area (Å²) in [5.41, 5.74) is -0.227. The first-order valence-corrected chi connectivity index (χ1v) is 8.16. The van der Waals surface area contributed by atoms with E-state index in [-0.39, 0.29) is 35.5 Å². The zero-order valence-electron chi connectivity index (χ0n) is 13.6. The van der Waals surface area contributed by atoms with Crippen LogP contribution in [0, 0.1) is 0 Å². The van der Waals surface area contributed by atoms with Gasteiger partial charge in [-0.25, -0.2) is 0 Å². The quantitative estimate of drug-likeness (QED) is 0.861. The number of piperazine rings is 1. The lowest BCUT2D eigenvalue weighted by molar-refractivity contribution is -0.159. The standard InChI is InChI=1S/C16H28N2O3/c1-5-7-12-15(20)18(13(6-2)14(19)17-12)11-8-9-21-16(3,4)10-11/h11-13H,5-10H2,1-4H3,(H,17,19). The Labute approximate surface area is 127 Å². The van der Waals surface area contributed by atoms with E-state index in [1.165, 1.54) is 0 Å². The van der Waals surface area contributed by atoms with Crippen LogP contribution in [-0.2, 0) is 14.3 Å². The molecule has 2 rings (SSSR count). The minimum Gasteiger partial charge on any atom is -0.375 e. The van der Waals surface area contributed by atoms with Crippen molar-refractivity contribution in [1.82, 2.24) is 10.2 Å². The van der Waals surface area contributed by atoms with Gasteiger partial charge in [-0.2, -0.15) is 0 Å². The predicted molar refractivity (Wildman–Crippen MR) is 80.8 cm³/mol. The van der Waals surface area contributed by atoms with Gasteiger partial charge in [-0.05, 0) is 39.5 Å². The topological polar surface area (TPSA) is 58.6 Å². The second kappa shape index (κ2) is 6.34. The fourth-order valence-electron chi connectivity index (χ4n) is 3.53. The third-order valence-electron chi connectivity index (χ3n) is 4.54. The molecular weight excluding hydrogens is 268 g/mol. The van der Waals surface area contributed by atoms with Crippen molar-refractivity contribution in [2.45, 2.75) is 83.5 Å². The number of ether oxygens (including phenoxy) is 1. The molecule has 3 unspecified atom stereocenters. The lowest BCUT2D eigenvalue weighted by Gasteiger charge is -2.47. The van der Waals surface area contributed by atoms with Crippen LogP contribution in [0.25, 0.3) is 0 Å². The fraction of sp³-hybridized carbons (Fsp3) is 0.875. The second-order valence-corrected chi connectivity index (χ2v) is 6.77. The van der Waals surface area contributed by atoms with Gasteiger partial charge in [0.1, 0.15) is 12.1 Å². The van der Waals surface area contributed by atoms with Gasteiger partial charge in [-0.15, -0.1) is 0 Å². The van der Waals surface area contributed by atoms with Crippen LogP contribution in [0.3, 0.4) is 0 Å². The molecule has 2 amide bonds. The second-order valence-electron chi connectivity index (χ2n) is 6.77. The van der Waals surface area contributed by atoms with Crippen LogP contribution in [0.4, 0.5) is 0 Å². The molecule has 0 aromatic carbocycles. The van der Waals surface area contributed by atoms with Crippen molar-refractivity contribution in [3.63, 3.8) is 0 Å². The number of carbonyl (C=O) groups is 2. The van der Waals surface area contributed by atoms with E-state index in [1.54, 1.807) is 0 Å². The molecule has 2 fully saturated rings. The monoisotopic (exact) mass is 296 g/mol. The van der Waals surface area contributed by atoms with E-state index in [0.717, 1.165) is 19.3 Å². The minimum atomic E-state index is -0.351. The first-order chi connectivity index (χ1) is 9.89. The molecule has 21 heavy (non-hydrogen) atoms. The van der Waals surface area contributed by atoms with E-state index in [0.29, 0.717) is 19.4 Å². The molecule has 0 aromatic heterocycles. The molecule has 0 spiro atoms. The van der Waals surface area contributed by atoms with E-state index in [1.807, 2.05) is 18.7 Å². The average molecular weight is 296 g/mol. The maximum atomic E-state index is 12.8. The molecule has 0 saturated carbocycles. The number of hydrogen-bond donors (Lipinski definition) is 1. The molecule has 120 valence electrons. The Balaban J connectivity index is 2.22. The van der Waals surface area contributed by atoms with Crippen molar-refractivity contribution in [2.24, 2.45) is 0 Å². The molecule has 0 aliphatic carbocycles. The molecule has 5 heteroatoms. The minimum absolute atomic E-state index is 0.000141. The van der Waals surface area contributed by atoms with Crippen molar-refractivity contribution < 1.29 is 14.3 Å². The zero-order valence-corrected chi connectivity index (χ0v) is 13.6. The third kappa shape index (κ3) is 3.39. The molecular formula is C16H28N2O3. The van der Waals surface area contributed by atoms with Gasteiger partial charge in [0.25, 0.3) is 0 Å².